The third-order valence-electron chi connectivity index (χ3n) is 5.05. The number of carbonyl (C=O) groups is 1. The van der Waals surface area contributed by atoms with E-state index >= 15 is 0 Å². The summed E-state index contributed by atoms with van der Waals surface area (Å²) in [5, 5.41) is 10.3. The molecule has 1 aliphatic rings. The number of rotatable bonds is 6. The average molecular weight is 379 g/mol. The molecule has 1 saturated heterocycles. The molecular weight excluding hydrogens is 354 g/mol. The molecule has 1 amide bonds. The third kappa shape index (κ3) is 4.09. The van der Waals surface area contributed by atoms with Crippen LogP contribution in [0.25, 0.3) is 11.5 Å². The molecule has 0 atom stereocenters. The number of piperazine rings is 1. The lowest BCUT2D eigenvalue weighted by molar-refractivity contribution is -0.130. The number of H-pyrrole nitrogens is 1. The van der Waals surface area contributed by atoms with Crippen molar-refractivity contribution in [2.24, 2.45) is 0 Å². The molecule has 0 spiro atoms. The number of carbonyl (C=O) groups excluding carboxylic acids is 1. The van der Waals surface area contributed by atoms with Crippen LogP contribution in [0.3, 0.4) is 0 Å². The highest BCUT2D eigenvalue weighted by atomic mass is 16.3. The smallest absolute Gasteiger partial charge is 0.236 e. The van der Waals surface area contributed by atoms with Gasteiger partial charge in [0.2, 0.25) is 5.91 Å². The van der Waals surface area contributed by atoms with Crippen molar-refractivity contribution in [3.8, 4) is 11.5 Å². The van der Waals surface area contributed by atoms with Crippen molar-refractivity contribution in [2.45, 2.75) is 13.5 Å². The van der Waals surface area contributed by atoms with Crippen LogP contribution in [0.4, 0.5) is 5.69 Å². The topological polar surface area (TPSA) is 77.4 Å². The Hall–Kier alpha value is -3.06. The molecule has 3 aromatic rings. The van der Waals surface area contributed by atoms with Gasteiger partial charge in [0.25, 0.3) is 0 Å². The predicted octanol–water partition coefficient (Wildman–Crippen LogP) is 2.42. The van der Waals surface area contributed by atoms with Crippen LogP contribution in [0.1, 0.15) is 11.3 Å². The Balaban J connectivity index is 1.25. The summed E-state index contributed by atoms with van der Waals surface area (Å²) in [6, 6.07) is 14.2. The van der Waals surface area contributed by atoms with Crippen molar-refractivity contribution in [1.29, 1.82) is 0 Å². The van der Waals surface area contributed by atoms with E-state index in [1.165, 1.54) is 5.69 Å². The van der Waals surface area contributed by atoms with Gasteiger partial charge < -0.3 is 19.5 Å². The molecule has 1 aromatic carbocycles. The first kappa shape index (κ1) is 18.3. The molecule has 0 unspecified atom stereocenters. The highest BCUT2D eigenvalue weighted by Crippen LogP contribution is 2.23. The van der Waals surface area contributed by atoms with Crippen molar-refractivity contribution < 1.29 is 9.21 Å². The number of furan rings is 1. The first-order valence-corrected chi connectivity index (χ1v) is 9.58. The molecule has 4 rings (SSSR count). The predicted molar refractivity (Wildman–Crippen MR) is 108 cm³/mol. The van der Waals surface area contributed by atoms with Crippen molar-refractivity contribution >= 4 is 11.6 Å². The summed E-state index contributed by atoms with van der Waals surface area (Å²) in [6.07, 6.45) is 1.77. The van der Waals surface area contributed by atoms with E-state index in [-0.39, 0.29) is 5.91 Å². The second kappa shape index (κ2) is 8.31. The van der Waals surface area contributed by atoms with Gasteiger partial charge in [-0.15, -0.1) is 0 Å². The molecule has 0 bridgehead atoms. The zero-order valence-electron chi connectivity index (χ0n) is 16.0. The number of nitrogens with zero attached hydrogens (tertiary/aromatic N) is 3. The van der Waals surface area contributed by atoms with Gasteiger partial charge in [0.05, 0.1) is 12.7 Å². The maximum Gasteiger partial charge on any atom is 0.236 e. The molecule has 2 aromatic heterocycles. The van der Waals surface area contributed by atoms with Crippen molar-refractivity contribution in [3.63, 3.8) is 0 Å². The Bertz CT molecular complexity index is 910. The number of aryl methyl sites for hydroxylation is 1. The Morgan fingerprint density at radius 3 is 2.64 bits per heavy atom. The van der Waals surface area contributed by atoms with E-state index in [0.717, 1.165) is 49.0 Å². The number of amides is 1. The number of benzene rings is 1. The van der Waals surface area contributed by atoms with Crippen molar-refractivity contribution in [1.82, 2.24) is 20.4 Å². The highest BCUT2D eigenvalue weighted by molar-refractivity contribution is 5.78. The molecule has 7 heteroatoms. The van der Waals surface area contributed by atoms with Crippen LogP contribution in [-0.4, -0.2) is 53.7 Å². The molecule has 28 heavy (non-hydrogen) atoms. The van der Waals surface area contributed by atoms with Gasteiger partial charge in [-0.3, -0.25) is 9.89 Å². The summed E-state index contributed by atoms with van der Waals surface area (Å²) < 4.78 is 5.66. The standard InChI is InChI=1S/C21H25N5O2/c1-16-7-8-19(28-16)21-17(14-23-24-21)13-22-15-20(27)26-11-9-25(10-12-26)18-5-3-2-4-6-18/h2-8,14,22H,9-13,15H2,1H3,(H,23,24). The summed E-state index contributed by atoms with van der Waals surface area (Å²) in [6.45, 7) is 6.00. The zero-order valence-corrected chi connectivity index (χ0v) is 16.0. The summed E-state index contributed by atoms with van der Waals surface area (Å²) in [4.78, 5) is 16.8. The van der Waals surface area contributed by atoms with Gasteiger partial charge in [-0.25, -0.2) is 0 Å². The summed E-state index contributed by atoms with van der Waals surface area (Å²) in [5.74, 6) is 1.75. The van der Waals surface area contributed by atoms with E-state index in [9.17, 15) is 4.79 Å². The maximum atomic E-state index is 12.5. The minimum atomic E-state index is 0.131. The molecule has 2 N–H and O–H groups in total. The maximum absolute atomic E-state index is 12.5. The molecule has 146 valence electrons. The second-order valence-electron chi connectivity index (χ2n) is 6.99. The monoisotopic (exact) mass is 379 g/mol. The molecular formula is C21H25N5O2. The van der Waals surface area contributed by atoms with E-state index in [1.807, 2.05) is 42.2 Å². The molecule has 3 heterocycles. The fourth-order valence-corrected chi connectivity index (χ4v) is 3.50. The lowest BCUT2D eigenvalue weighted by atomic mass is 10.2. The minimum absolute atomic E-state index is 0.131. The largest absolute Gasteiger partial charge is 0.460 e. The van der Waals surface area contributed by atoms with Gasteiger partial charge in [-0.2, -0.15) is 5.10 Å². The first-order valence-electron chi connectivity index (χ1n) is 9.58. The minimum Gasteiger partial charge on any atom is -0.460 e. The first-order chi connectivity index (χ1) is 13.7. The van der Waals surface area contributed by atoms with Gasteiger partial charge in [0.1, 0.15) is 11.5 Å². The van der Waals surface area contributed by atoms with Crippen LogP contribution in [0.15, 0.2) is 53.1 Å². The molecule has 1 fully saturated rings. The molecule has 0 radical (unpaired) electrons. The average Bonchev–Trinajstić information content (AvgIpc) is 3.37. The fraction of sp³-hybridized carbons (Fsp3) is 0.333. The van der Waals surface area contributed by atoms with Crippen LogP contribution >= 0.6 is 0 Å². The van der Waals surface area contributed by atoms with Gasteiger partial charge in [-0.05, 0) is 31.2 Å². The molecule has 7 nitrogen and oxygen atoms in total. The Labute approximate surface area is 164 Å². The summed E-state index contributed by atoms with van der Waals surface area (Å²) in [7, 11) is 0. The van der Waals surface area contributed by atoms with E-state index in [1.54, 1.807) is 6.20 Å². The van der Waals surface area contributed by atoms with E-state index in [2.05, 4.69) is 32.5 Å². The summed E-state index contributed by atoms with van der Waals surface area (Å²) >= 11 is 0. The number of aromatic nitrogens is 2. The Morgan fingerprint density at radius 2 is 1.93 bits per heavy atom. The fourth-order valence-electron chi connectivity index (χ4n) is 3.50. The Morgan fingerprint density at radius 1 is 1.14 bits per heavy atom. The van der Waals surface area contributed by atoms with Crippen LogP contribution in [0, 0.1) is 6.92 Å². The number of anilines is 1. The van der Waals surface area contributed by atoms with Crippen LogP contribution in [0.5, 0.6) is 0 Å². The quantitative estimate of drug-likeness (QED) is 0.688. The van der Waals surface area contributed by atoms with E-state index in [4.69, 9.17) is 4.42 Å². The number of aromatic amines is 1. The van der Waals surface area contributed by atoms with E-state index < -0.39 is 0 Å². The van der Waals surface area contributed by atoms with Crippen molar-refractivity contribution in [2.75, 3.05) is 37.6 Å². The third-order valence-corrected chi connectivity index (χ3v) is 5.05. The normalized spacial score (nSPS) is 14.5. The van der Waals surface area contributed by atoms with Crippen LogP contribution < -0.4 is 10.2 Å². The van der Waals surface area contributed by atoms with Gasteiger partial charge in [0, 0.05) is 44.0 Å². The summed E-state index contributed by atoms with van der Waals surface area (Å²) in [5.41, 5.74) is 3.05. The number of nitrogens with one attached hydrogen (secondary N) is 2. The molecule has 0 aliphatic carbocycles. The van der Waals surface area contributed by atoms with Gasteiger partial charge in [0.15, 0.2) is 5.76 Å². The van der Waals surface area contributed by atoms with Crippen molar-refractivity contribution in [3.05, 3.63) is 60.0 Å². The molecule has 1 aliphatic heterocycles. The van der Waals surface area contributed by atoms with Gasteiger partial charge in [-0.1, -0.05) is 18.2 Å². The lowest BCUT2D eigenvalue weighted by Crippen LogP contribution is -2.50. The Kier molecular flexibility index (Phi) is 5.43. The SMILES string of the molecule is Cc1ccc(-c2[nH]ncc2CNCC(=O)N2CCN(c3ccccc3)CC2)o1. The number of para-hydroxylation sites is 1. The highest BCUT2D eigenvalue weighted by Gasteiger charge is 2.21. The second-order valence-corrected chi connectivity index (χ2v) is 6.99. The van der Waals surface area contributed by atoms with Crippen LogP contribution in [-0.2, 0) is 11.3 Å². The lowest BCUT2D eigenvalue weighted by Gasteiger charge is -2.36. The zero-order chi connectivity index (χ0) is 19.3. The number of hydrogen-bond acceptors (Lipinski definition) is 5. The number of hydrogen-bond donors (Lipinski definition) is 2. The molecule has 0 saturated carbocycles. The van der Waals surface area contributed by atoms with Crippen LogP contribution in [0.2, 0.25) is 0 Å². The van der Waals surface area contributed by atoms with E-state index in [0.29, 0.717) is 13.1 Å². The van der Waals surface area contributed by atoms with Gasteiger partial charge >= 0.3 is 0 Å².